The zero-order chi connectivity index (χ0) is 15.8. The first kappa shape index (κ1) is 15.7. The van der Waals surface area contributed by atoms with Crippen molar-refractivity contribution in [2.75, 3.05) is 4.72 Å². The lowest BCUT2D eigenvalue weighted by Gasteiger charge is -2.09. The van der Waals surface area contributed by atoms with E-state index in [4.69, 9.17) is 11.6 Å². The minimum atomic E-state index is -3.91. The molecule has 2 aromatic rings. The van der Waals surface area contributed by atoms with Crippen molar-refractivity contribution in [1.82, 2.24) is 0 Å². The van der Waals surface area contributed by atoms with Crippen LogP contribution in [0.3, 0.4) is 0 Å². The van der Waals surface area contributed by atoms with E-state index in [1.807, 2.05) is 13.0 Å². The van der Waals surface area contributed by atoms with Crippen molar-refractivity contribution in [2.45, 2.75) is 18.1 Å². The quantitative estimate of drug-likeness (QED) is 0.674. The molecule has 0 saturated carbocycles. The lowest BCUT2D eigenvalue weighted by atomic mass is 10.1. The van der Waals surface area contributed by atoms with Crippen molar-refractivity contribution < 1.29 is 13.3 Å². The van der Waals surface area contributed by atoms with Crippen LogP contribution in [0.25, 0.3) is 0 Å². The van der Waals surface area contributed by atoms with Crippen LogP contribution in [0.4, 0.5) is 11.4 Å². The van der Waals surface area contributed by atoms with Gasteiger partial charge in [-0.05, 0) is 31.0 Å². The topological polar surface area (TPSA) is 89.3 Å². The van der Waals surface area contributed by atoms with Crippen LogP contribution in [-0.4, -0.2) is 13.3 Å². The smallest absolute Gasteiger partial charge is 0.279 e. The molecule has 112 valence electrons. The lowest BCUT2D eigenvalue weighted by molar-refractivity contribution is -0.384. The first-order valence-electron chi connectivity index (χ1n) is 5.74. The number of sulfonamides is 1. The normalized spacial score (nSPS) is 11.4. The third-order valence-electron chi connectivity index (χ3n) is 2.75. The van der Waals surface area contributed by atoms with E-state index in [1.54, 1.807) is 19.1 Å². The van der Waals surface area contributed by atoms with Gasteiger partial charge in [-0.3, -0.25) is 14.8 Å². The van der Waals surface area contributed by atoms with Gasteiger partial charge in [0.15, 0.2) is 4.34 Å². The van der Waals surface area contributed by atoms with E-state index in [2.05, 4.69) is 4.72 Å². The summed E-state index contributed by atoms with van der Waals surface area (Å²) in [5, 5.41) is 10.7. The highest BCUT2D eigenvalue weighted by Gasteiger charge is 2.25. The van der Waals surface area contributed by atoms with Gasteiger partial charge in [0, 0.05) is 6.07 Å². The summed E-state index contributed by atoms with van der Waals surface area (Å²) in [5.74, 6) is 0. The standard InChI is InChI=1S/C12H11ClN2O4S2/c1-7-3-4-8(2)9(5-7)14-21(18,19)11-6-10(15(16)17)12(13)20-11/h3-6,14H,1-2H3. The first-order valence-corrected chi connectivity index (χ1v) is 8.42. The highest BCUT2D eigenvalue weighted by atomic mass is 35.5. The Morgan fingerprint density at radius 1 is 1.29 bits per heavy atom. The van der Waals surface area contributed by atoms with Gasteiger partial charge in [-0.15, -0.1) is 11.3 Å². The first-order chi connectivity index (χ1) is 9.70. The summed E-state index contributed by atoms with van der Waals surface area (Å²) in [6, 6.07) is 6.30. The third kappa shape index (κ3) is 3.34. The number of nitrogens with one attached hydrogen (secondary N) is 1. The van der Waals surface area contributed by atoms with Crippen LogP contribution < -0.4 is 4.72 Å². The molecule has 21 heavy (non-hydrogen) atoms. The second-order valence-corrected chi connectivity index (χ2v) is 7.97. The average molecular weight is 347 g/mol. The number of thiophene rings is 1. The van der Waals surface area contributed by atoms with Gasteiger partial charge < -0.3 is 0 Å². The van der Waals surface area contributed by atoms with Crippen LogP contribution in [0.2, 0.25) is 4.34 Å². The maximum absolute atomic E-state index is 12.3. The molecule has 1 aromatic heterocycles. The van der Waals surface area contributed by atoms with E-state index in [0.29, 0.717) is 17.0 Å². The van der Waals surface area contributed by atoms with Crippen molar-refractivity contribution >= 4 is 44.3 Å². The van der Waals surface area contributed by atoms with Crippen LogP contribution >= 0.6 is 22.9 Å². The van der Waals surface area contributed by atoms with E-state index >= 15 is 0 Å². The molecular weight excluding hydrogens is 336 g/mol. The molecule has 0 aliphatic rings. The molecule has 1 N–H and O–H groups in total. The molecule has 0 amide bonds. The van der Waals surface area contributed by atoms with Gasteiger partial charge >= 0.3 is 0 Å². The van der Waals surface area contributed by atoms with Crippen LogP contribution in [0, 0.1) is 24.0 Å². The number of hydrogen-bond donors (Lipinski definition) is 1. The Kier molecular flexibility index (Phi) is 4.22. The highest BCUT2D eigenvalue weighted by molar-refractivity contribution is 7.94. The van der Waals surface area contributed by atoms with Crippen LogP contribution in [0.1, 0.15) is 11.1 Å². The van der Waals surface area contributed by atoms with Crippen molar-refractivity contribution in [3.8, 4) is 0 Å². The van der Waals surface area contributed by atoms with E-state index in [1.165, 1.54) is 0 Å². The van der Waals surface area contributed by atoms with Crippen LogP contribution in [-0.2, 0) is 10.0 Å². The Morgan fingerprint density at radius 2 is 1.95 bits per heavy atom. The van der Waals surface area contributed by atoms with Crippen LogP contribution in [0.15, 0.2) is 28.5 Å². The maximum Gasteiger partial charge on any atom is 0.300 e. The summed E-state index contributed by atoms with van der Waals surface area (Å²) >= 11 is 6.34. The Labute approximate surface area is 130 Å². The molecule has 0 atom stereocenters. The lowest BCUT2D eigenvalue weighted by Crippen LogP contribution is -2.12. The Morgan fingerprint density at radius 3 is 2.52 bits per heavy atom. The molecule has 0 aliphatic heterocycles. The molecule has 0 fully saturated rings. The number of nitro groups is 1. The van der Waals surface area contributed by atoms with Crippen molar-refractivity contribution in [1.29, 1.82) is 0 Å². The maximum atomic E-state index is 12.3. The SMILES string of the molecule is Cc1ccc(C)c(NS(=O)(=O)c2cc([N+](=O)[O-])c(Cl)s2)c1. The van der Waals surface area contributed by atoms with Crippen LogP contribution in [0.5, 0.6) is 0 Å². The second-order valence-electron chi connectivity index (χ2n) is 4.41. The molecular formula is C12H11ClN2O4S2. The molecule has 2 rings (SSSR count). The fraction of sp³-hybridized carbons (Fsp3) is 0.167. The Bertz CT molecular complexity index is 815. The van der Waals surface area contributed by atoms with Gasteiger partial charge in [-0.1, -0.05) is 23.7 Å². The average Bonchev–Trinajstić information content (AvgIpc) is 2.77. The molecule has 1 heterocycles. The van der Waals surface area contributed by atoms with E-state index < -0.39 is 20.6 Å². The van der Waals surface area contributed by atoms with Gasteiger partial charge in [0.05, 0.1) is 10.6 Å². The van der Waals surface area contributed by atoms with E-state index in [0.717, 1.165) is 17.2 Å². The van der Waals surface area contributed by atoms with E-state index in [9.17, 15) is 18.5 Å². The molecule has 0 bridgehead atoms. The van der Waals surface area contributed by atoms with Crippen molar-refractivity contribution in [3.63, 3.8) is 0 Å². The van der Waals surface area contributed by atoms with Crippen molar-refractivity contribution in [2.24, 2.45) is 0 Å². The summed E-state index contributed by atoms with van der Waals surface area (Å²) in [6.07, 6.45) is 0. The summed E-state index contributed by atoms with van der Waals surface area (Å²) in [6.45, 7) is 3.60. The Hall–Kier alpha value is -1.64. The minimum Gasteiger partial charge on any atom is -0.279 e. The van der Waals surface area contributed by atoms with Gasteiger partial charge in [0.2, 0.25) is 0 Å². The molecule has 0 aliphatic carbocycles. The number of benzene rings is 1. The number of aryl methyl sites for hydroxylation is 2. The molecule has 0 saturated heterocycles. The summed E-state index contributed by atoms with van der Waals surface area (Å²) in [5.41, 5.74) is 1.67. The molecule has 0 unspecified atom stereocenters. The molecule has 0 radical (unpaired) electrons. The van der Waals surface area contributed by atoms with Gasteiger partial charge in [0.25, 0.3) is 15.7 Å². The number of hydrogen-bond acceptors (Lipinski definition) is 5. The number of anilines is 1. The third-order valence-corrected chi connectivity index (χ3v) is 5.92. The molecule has 9 heteroatoms. The summed E-state index contributed by atoms with van der Waals surface area (Å²) in [4.78, 5) is 10.0. The summed E-state index contributed by atoms with van der Waals surface area (Å²) < 4.78 is 26.6. The molecule has 1 aromatic carbocycles. The highest BCUT2D eigenvalue weighted by Crippen LogP contribution is 2.37. The second kappa shape index (κ2) is 5.63. The molecule has 0 spiro atoms. The minimum absolute atomic E-state index is 0.165. The number of rotatable bonds is 4. The molecule has 6 nitrogen and oxygen atoms in total. The fourth-order valence-electron chi connectivity index (χ4n) is 1.64. The van der Waals surface area contributed by atoms with Gasteiger partial charge in [-0.2, -0.15) is 0 Å². The predicted molar refractivity (Wildman–Crippen MR) is 82.7 cm³/mol. The van der Waals surface area contributed by atoms with Gasteiger partial charge in [-0.25, -0.2) is 8.42 Å². The zero-order valence-corrected chi connectivity index (χ0v) is 13.5. The predicted octanol–water partition coefficient (Wildman–Crippen LogP) is 3.73. The van der Waals surface area contributed by atoms with Crippen molar-refractivity contribution in [3.05, 3.63) is 49.8 Å². The number of halogens is 1. The van der Waals surface area contributed by atoms with E-state index in [-0.39, 0.29) is 8.55 Å². The van der Waals surface area contributed by atoms with Gasteiger partial charge in [0.1, 0.15) is 4.21 Å². The fourth-order valence-corrected chi connectivity index (χ4v) is 4.42. The summed E-state index contributed by atoms with van der Waals surface area (Å²) in [7, 11) is -3.91. The largest absolute Gasteiger partial charge is 0.300 e. The Balaban J connectivity index is 2.41. The zero-order valence-electron chi connectivity index (χ0n) is 11.1. The number of nitrogens with zero attached hydrogens (tertiary/aromatic N) is 1. The monoisotopic (exact) mass is 346 g/mol.